The van der Waals surface area contributed by atoms with Crippen molar-refractivity contribution in [3.8, 4) is 0 Å². The topological polar surface area (TPSA) is 85.4 Å². The molecule has 0 aliphatic carbocycles. The number of amides is 1. The Morgan fingerprint density at radius 1 is 1.23 bits per heavy atom. The highest BCUT2D eigenvalue weighted by Gasteiger charge is 2.09. The van der Waals surface area contributed by atoms with Crippen LogP contribution >= 0.6 is 12.6 Å². The van der Waals surface area contributed by atoms with Gasteiger partial charge in [-0.25, -0.2) is 0 Å². The summed E-state index contributed by atoms with van der Waals surface area (Å²) in [6.45, 7) is 0.515. The van der Waals surface area contributed by atoms with Gasteiger partial charge in [0.1, 0.15) is 10.7 Å². The SMILES string of the molecule is O=C(NCCS)c1ccc(/C=C/c2ccc([N+](=O)[O-])o2)cc1. The Balaban J connectivity index is 2.02. The molecule has 0 spiro atoms. The Hall–Kier alpha value is -2.54. The lowest BCUT2D eigenvalue weighted by molar-refractivity contribution is -0.402. The normalized spacial score (nSPS) is 10.8. The predicted octanol–water partition coefficient (Wildman–Crippen LogP) is 3.02. The molecule has 0 aliphatic rings. The Morgan fingerprint density at radius 2 is 1.95 bits per heavy atom. The molecule has 0 saturated carbocycles. The minimum absolute atomic E-state index is 0.147. The zero-order chi connectivity index (χ0) is 15.9. The maximum Gasteiger partial charge on any atom is 0.433 e. The minimum Gasteiger partial charge on any atom is -0.401 e. The van der Waals surface area contributed by atoms with Crippen molar-refractivity contribution >= 4 is 36.6 Å². The number of benzene rings is 1. The summed E-state index contributed by atoms with van der Waals surface area (Å²) in [6.07, 6.45) is 3.38. The molecule has 1 aromatic heterocycles. The second kappa shape index (κ2) is 7.46. The average molecular weight is 318 g/mol. The van der Waals surface area contributed by atoms with Crippen LogP contribution in [0, 0.1) is 10.1 Å². The van der Waals surface area contributed by atoms with E-state index in [0.717, 1.165) is 5.56 Å². The molecular weight excluding hydrogens is 304 g/mol. The fourth-order valence-corrected chi connectivity index (χ4v) is 1.84. The van der Waals surface area contributed by atoms with E-state index in [1.807, 2.05) is 0 Å². The Labute approximate surface area is 132 Å². The highest BCUT2D eigenvalue weighted by Crippen LogP contribution is 2.18. The highest BCUT2D eigenvalue weighted by molar-refractivity contribution is 7.80. The van der Waals surface area contributed by atoms with Gasteiger partial charge in [-0.05, 0) is 29.8 Å². The van der Waals surface area contributed by atoms with E-state index in [9.17, 15) is 14.9 Å². The van der Waals surface area contributed by atoms with Crippen LogP contribution in [0.25, 0.3) is 12.2 Å². The summed E-state index contributed by atoms with van der Waals surface area (Å²) < 4.78 is 5.02. The third-order valence-electron chi connectivity index (χ3n) is 2.80. The standard InChI is InChI=1S/C15H14N2O4S/c18-15(16-9-10-22)12-4-1-11(2-5-12)3-6-13-7-8-14(21-13)17(19)20/h1-8,22H,9-10H2,(H,16,18)/b6-3+. The molecule has 0 fully saturated rings. The number of carbonyl (C=O) groups is 1. The van der Waals surface area contributed by atoms with Gasteiger partial charge in [0.15, 0.2) is 0 Å². The first-order valence-corrected chi connectivity index (χ1v) is 7.15. The van der Waals surface area contributed by atoms with Crippen LogP contribution in [-0.4, -0.2) is 23.1 Å². The van der Waals surface area contributed by atoms with Crippen molar-refractivity contribution in [1.82, 2.24) is 5.32 Å². The summed E-state index contributed by atoms with van der Waals surface area (Å²) in [5.41, 5.74) is 1.41. The van der Waals surface area contributed by atoms with Crippen molar-refractivity contribution in [1.29, 1.82) is 0 Å². The Bertz CT molecular complexity index is 692. The number of hydrogen-bond donors (Lipinski definition) is 2. The molecule has 0 saturated heterocycles. The summed E-state index contributed by atoms with van der Waals surface area (Å²) in [5, 5.41) is 13.2. The second-order valence-electron chi connectivity index (χ2n) is 4.37. The van der Waals surface area contributed by atoms with E-state index in [4.69, 9.17) is 4.42 Å². The Morgan fingerprint density at radius 3 is 2.55 bits per heavy atom. The van der Waals surface area contributed by atoms with Crippen molar-refractivity contribution in [2.75, 3.05) is 12.3 Å². The number of furan rings is 1. The van der Waals surface area contributed by atoms with Gasteiger partial charge in [0.2, 0.25) is 0 Å². The zero-order valence-electron chi connectivity index (χ0n) is 11.6. The van der Waals surface area contributed by atoms with Crippen molar-refractivity contribution in [2.45, 2.75) is 0 Å². The molecule has 1 aromatic carbocycles. The van der Waals surface area contributed by atoms with E-state index in [1.54, 1.807) is 36.4 Å². The lowest BCUT2D eigenvalue weighted by Crippen LogP contribution is -2.25. The average Bonchev–Trinajstić information content (AvgIpc) is 3.00. The summed E-state index contributed by atoms with van der Waals surface area (Å²) in [5.74, 6) is 0.534. The molecule has 7 heteroatoms. The molecular formula is C15H14N2O4S. The number of thiol groups is 1. The van der Waals surface area contributed by atoms with Crippen LogP contribution in [0.2, 0.25) is 0 Å². The first-order valence-electron chi connectivity index (χ1n) is 6.51. The molecule has 0 radical (unpaired) electrons. The Kier molecular flexibility index (Phi) is 5.37. The van der Waals surface area contributed by atoms with Crippen LogP contribution in [0.3, 0.4) is 0 Å². The van der Waals surface area contributed by atoms with Crippen LogP contribution < -0.4 is 5.32 Å². The molecule has 2 aromatic rings. The van der Waals surface area contributed by atoms with Crippen LogP contribution in [-0.2, 0) is 0 Å². The number of rotatable bonds is 6. The van der Waals surface area contributed by atoms with E-state index in [-0.39, 0.29) is 11.8 Å². The fraction of sp³-hybridized carbons (Fsp3) is 0.133. The number of nitrogens with zero attached hydrogens (tertiary/aromatic N) is 1. The van der Waals surface area contributed by atoms with Gasteiger partial charge in [0, 0.05) is 17.9 Å². The minimum atomic E-state index is -0.588. The third kappa shape index (κ3) is 4.23. The first-order chi connectivity index (χ1) is 10.6. The summed E-state index contributed by atoms with van der Waals surface area (Å²) in [7, 11) is 0. The molecule has 2 rings (SSSR count). The van der Waals surface area contributed by atoms with Gasteiger partial charge < -0.3 is 9.73 Å². The molecule has 1 amide bonds. The van der Waals surface area contributed by atoms with Crippen molar-refractivity contribution in [3.05, 3.63) is 63.4 Å². The molecule has 0 unspecified atom stereocenters. The number of nitro groups is 1. The number of carbonyl (C=O) groups excluding carboxylic acids is 1. The smallest absolute Gasteiger partial charge is 0.401 e. The van der Waals surface area contributed by atoms with Gasteiger partial charge in [-0.2, -0.15) is 12.6 Å². The summed E-state index contributed by atoms with van der Waals surface area (Å²) >= 11 is 4.03. The maximum absolute atomic E-state index is 11.7. The fourth-order valence-electron chi connectivity index (χ4n) is 1.73. The van der Waals surface area contributed by atoms with Gasteiger partial charge in [-0.15, -0.1) is 0 Å². The van der Waals surface area contributed by atoms with Crippen LogP contribution in [0.1, 0.15) is 21.7 Å². The van der Waals surface area contributed by atoms with Gasteiger partial charge in [0.05, 0.1) is 6.07 Å². The van der Waals surface area contributed by atoms with E-state index in [1.165, 1.54) is 12.1 Å². The molecule has 6 nitrogen and oxygen atoms in total. The third-order valence-corrected chi connectivity index (χ3v) is 3.03. The van der Waals surface area contributed by atoms with E-state index >= 15 is 0 Å². The molecule has 1 N–H and O–H groups in total. The van der Waals surface area contributed by atoms with E-state index < -0.39 is 4.92 Å². The molecule has 1 heterocycles. The van der Waals surface area contributed by atoms with E-state index in [2.05, 4.69) is 17.9 Å². The summed E-state index contributed by atoms with van der Waals surface area (Å²) in [4.78, 5) is 21.6. The number of nitrogens with one attached hydrogen (secondary N) is 1. The van der Waals surface area contributed by atoms with Gasteiger partial charge in [-0.1, -0.05) is 18.2 Å². The monoisotopic (exact) mass is 318 g/mol. The summed E-state index contributed by atoms with van der Waals surface area (Å²) in [6, 6.07) is 9.80. The van der Waals surface area contributed by atoms with Crippen molar-refractivity contribution in [2.24, 2.45) is 0 Å². The molecule has 114 valence electrons. The quantitative estimate of drug-likeness (QED) is 0.487. The molecule has 0 aliphatic heterocycles. The lowest BCUT2D eigenvalue weighted by Gasteiger charge is -2.03. The van der Waals surface area contributed by atoms with E-state index in [0.29, 0.717) is 23.6 Å². The van der Waals surface area contributed by atoms with Gasteiger partial charge >= 0.3 is 5.88 Å². The van der Waals surface area contributed by atoms with Gasteiger partial charge in [0.25, 0.3) is 5.91 Å². The largest absolute Gasteiger partial charge is 0.433 e. The zero-order valence-corrected chi connectivity index (χ0v) is 12.5. The molecule has 0 atom stereocenters. The predicted molar refractivity (Wildman–Crippen MR) is 86.9 cm³/mol. The molecule has 22 heavy (non-hydrogen) atoms. The highest BCUT2D eigenvalue weighted by atomic mass is 32.1. The maximum atomic E-state index is 11.7. The van der Waals surface area contributed by atoms with Gasteiger partial charge in [-0.3, -0.25) is 14.9 Å². The lowest BCUT2D eigenvalue weighted by atomic mass is 10.1. The van der Waals surface area contributed by atoms with Crippen LogP contribution in [0.4, 0.5) is 5.88 Å². The number of hydrogen-bond acceptors (Lipinski definition) is 5. The second-order valence-corrected chi connectivity index (χ2v) is 4.82. The van der Waals surface area contributed by atoms with Crippen LogP contribution in [0.15, 0.2) is 40.8 Å². The van der Waals surface area contributed by atoms with Crippen molar-refractivity contribution < 1.29 is 14.1 Å². The van der Waals surface area contributed by atoms with Crippen molar-refractivity contribution in [3.63, 3.8) is 0 Å². The molecule has 0 bridgehead atoms. The van der Waals surface area contributed by atoms with Crippen LogP contribution in [0.5, 0.6) is 0 Å². The first kappa shape index (κ1) is 15.8.